The van der Waals surface area contributed by atoms with E-state index in [1.165, 1.54) is 11.8 Å². The van der Waals surface area contributed by atoms with Gasteiger partial charge in [0.05, 0.1) is 5.41 Å². The maximum absolute atomic E-state index is 12.5. The summed E-state index contributed by atoms with van der Waals surface area (Å²) in [4.78, 5) is 48.9. The summed E-state index contributed by atoms with van der Waals surface area (Å²) >= 11 is 1.10. The van der Waals surface area contributed by atoms with Crippen LogP contribution >= 0.6 is 11.8 Å². The van der Waals surface area contributed by atoms with Crippen LogP contribution in [-0.4, -0.2) is 53.0 Å². The Morgan fingerprint density at radius 1 is 1.20 bits per heavy atom. The molecule has 0 aromatic carbocycles. The molecule has 0 radical (unpaired) electrons. The molecule has 1 aliphatic heterocycles. The third kappa shape index (κ3) is 6.68. The molecule has 1 amide bonds. The predicted octanol–water partition coefficient (Wildman–Crippen LogP) is 1.98. The van der Waals surface area contributed by atoms with E-state index in [0.29, 0.717) is 25.1 Å². The van der Waals surface area contributed by atoms with Crippen molar-refractivity contribution in [3.63, 3.8) is 0 Å². The number of esters is 2. The molecule has 7 nitrogen and oxygen atoms in total. The zero-order chi connectivity index (χ0) is 19.2. The molecule has 0 aromatic rings. The van der Waals surface area contributed by atoms with Gasteiger partial charge in [-0.1, -0.05) is 18.7 Å². The number of rotatable bonds is 6. The highest BCUT2D eigenvalue weighted by Gasteiger charge is 2.37. The van der Waals surface area contributed by atoms with Crippen molar-refractivity contribution in [1.82, 2.24) is 4.90 Å². The Morgan fingerprint density at radius 2 is 1.84 bits per heavy atom. The summed E-state index contributed by atoms with van der Waals surface area (Å²) in [5.74, 6) is -1.18. The lowest BCUT2D eigenvalue weighted by atomic mass is 9.98. The number of carbonyl (C=O) groups excluding carboxylic acids is 4. The van der Waals surface area contributed by atoms with Crippen LogP contribution in [0, 0.1) is 11.3 Å². The van der Waals surface area contributed by atoms with Crippen LogP contribution in [0.4, 0.5) is 0 Å². The van der Waals surface area contributed by atoms with E-state index in [2.05, 4.69) is 0 Å². The highest BCUT2D eigenvalue weighted by atomic mass is 32.2. The second kappa shape index (κ2) is 9.22. The van der Waals surface area contributed by atoms with Crippen molar-refractivity contribution in [3.05, 3.63) is 0 Å². The summed E-state index contributed by atoms with van der Waals surface area (Å²) in [5.41, 5.74) is -0.675. The first-order valence-corrected chi connectivity index (χ1v) is 9.30. The lowest BCUT2D eigenvalue weighted by Gasteiger charge is -2.26. The minimum absolute atomic E-state index is 0.0438. The molecule has 1 saturated heterocycles. The third-order valence-electron chi connectivity index (χ3n) is 3.77. The number of nitrogens with zero attached hydrogens (tertiary/aromatic N) is 1. The van der Waals surface area contributed by atoms with Crippen molar-refractivity contribution in [2.75, 3.05) is 19.1 Å². The molecule has 142 valence electrons. The van der Waals surface area contributed by atoms with E-state index >= 15 is 0 Å². The van der Waals surface area contributed by atoms with E-state index in [-0.39, 0.29) is 16.9 Å². The van der Waals surface area contributed by atoms with Gasteiger partial charge in [0.1, 0.15) is 6.04 Å². The molecule has 0 saturated carbocycles. The molecule has 25 heavy (non-hydrogen) atoms. The lowest BCUT2D eigenvalue weighted by Crippen LogP contribution is -2.44. The van der Waals surface area contributed by atoms with Crippen LogP contribution < -0.4 is 0 Å². The molecule has 8 heteroatoms. The van der Waals surface area contributed by atoms with Crippen molar-refractivity contribution in [3.8, 4) is 0 Å². The standard InChI is InChI=1S/C17H27NO6S/c1-11(9-25-12(2)19)14(20)18-8-6-7-13(18)15(21)23-10-24-16(22)17(3,4)5/h11,13H,6-10H2,1-5H3/t11?,13-/m0/s1. The fourth-order valence-electron chi connectivity index (χ4n) is 2.33. The second-order valence-corrected chi connectivity index (χ2v) is 8.35. The maximum atomic E-state index is 12.5. The summed E-state index contributed by atoms with van der Waals surface area (Å²) in [6.07, 6.45) is 1.23. The molecule has 1 unspecified atom stereocenters. The Hall–Kier alpha value is -1.57. The highest BCUT2D eigenvalue weighted by Crippen LogP contribution is 2.23. The molecule has 0 bridgehead atoms. The summed E-state index contributed by atoms with van der Waals surface area (Å²) < 4.78 is 9.93. The predicted molar refractivity (Wildman–Crippen MR) is 93.5 cm³/mol. The molecule has 0 N–H and O–H groups in total. The summed E-state index contributed by atoms with van der Waals surface area (Å²) in [6.45, 7) is 8.33. The summed E-state index contributed by atoms with van der Waals surface area (Å²) in [5, 5.41) is -0.0438. The van der Waals surface area contributed by atoms with Crippen molar-refractivity contribution in [2.45, 2.75) is 53.5 Å². The van der Waals surface area contributed by atoms with Crippen LogP contribution in [0.2, 0.25) is 0 Å². The number of hydrogen-bond donors (Lipinski definition) is 0. The first kappa shape index (κ1) is 21.5. The first-order chi connectivity index (χ1) is 11.5. The largest absolute Gasteiger partial charge is 0.427 e. The smallest absolute Gasteiger partial charge is 0.331 e. The summed E-state index contributed by atoms with van der Waals surface area (Å²) in [6, 6.07) is -0.661. The van der Waals surface area contributed by atoms with Crippen molar-refractivity contribution < 1.29 is 28.7 Å². The van der Waals surface area contributed by atoms with Crippen LogP contribution in [0.1, 0.15) is 47.5 Å². The number of hydrogen-bond acceptors (Lipinski definition) is 7. The van der Waals surface area contributed by atoms with Gasteiger partial charge >= 0.3 is 11.9 Å². The zero-order valence-corrected chi connectivity index (χ0v) is 16.3. The number of amides is 1. The molecule has 0 aromatic heterocycles. The van der Waals surface area contributed by atoms with Crippen LogP contribution in [0.15, 0.2) is 0 Å². The highest BCUT2D eigenvalue weighted by molar-refractivity contribution is 8.13. The number of likely N-dealkylation sites (tertiary alicyclic amines) is 1. The van der Waals surface area contributed by atoms with Crippen LogP contribution in [0.3, 0.4) is 0 Å². The minimum atomic E-state index is -0.675. The number of ether oxygens (including phenoxy) is 2. The first-order valence-electron chi connectivity index (χ1n) is 8.31. The van der Waals surface area contributed by atoms with Gasteiger partial charge in [0.25, 0.3) is 0 Å². The van der Waals surface area contributed by atoms with Gasteiger partial charge in [-0.15, -0.1) is 0 Å². The fraction of sp³-hybridized carbons (Fsp3) is 0.765. The lowest BCUT2D eigenvalue weighted by molar-refractivity contribution is -0.176. The van der Waals surface area contributed by atoms with E-state index in [4.69, 9.17) is 9.47 Å². The van der Waals surface area contributed by atoms with E-state index in [9.17, 15) is 19.2 Å². The van der Waals surface area contributed by atoms with E-state index in [0.717, 1.165) is 11.8 Å². The molecule has 2 atom stereocenters. The Bertz CT molecular complexity index is 528. The van der Waals surface area contributed by atoms with Crippen LogP contribution in [0.5, 0.6) is 0 Å². The van der Waals surface area contributed by atoms with Crippen LogP contribution in [-0.2, 0) is 28.7 Å². The molecular formula is C17H27NO6S. The molecular weight excluding hydrogens is 346 g/mol. The summed E-state index contributed by atoms with van der Waals surface area (Å²) in [7, 11) is 0. The Morgan fingerprint density at radius 3 is 2.40 bits per heavy atom. The zero-order valence-electron chi connectivity index (χ0n) is 15.5. The molecule has 0 spiro atoms. The number of thioether (sulfide) groups is 1. The average molecular weight is 373 g/mol. The van der Waals surface area contributed by atoms with Gasteiger partial charge in [0.2, 0.25) is 12.7 Å². The Kier molecular flexibility index (Phi) is 7.92. The molecule has 1 rings (SSSR count). The fourth-order valence-corrected chi connectivity index (χ4v) is 2.95. The van der Waals surface area contributed by atoms with Crippen LogP contribution in [0.25, 0.3) is 0 Å². The van der Waals surface area contributed by atoms with Gasteiger partial charge in [-0.3, -0.25) is 14.4 Å². The van der Waals surface area contributed by atoms with E-state index < -0.39 is 30.2 Å². The average Bonchev–Trinajstić information content (AvgIpc) is 3.00. The topological polar surface area (TPSA) is 90.0 Å². The minimum Gasteiger partial charge on any atom is -0.427 e. The van der Waals surface area contributed by atoms with Crippen molar-refractivity contribution in [1.29, 1.82) is 0 Å². The van der Waals surface area contributed by atoms with Gasteiger partial charge in [0, 0.05) is 25.1 Å². The normalized spacial score (nSPS) is 18.6. The molecule has 1 aliphatic rings. The van der Waals surface area contributed by atoms with Gasteiger partial charge in [0.15, 0.2) is 5.12 Å². The SMILES string of the molecule is CC(=O)SCC(C)C(=O)N1CCC[C@H]1C(=O)OCOC(=O)C(C)(C)C. The Balaban J connectivity index is 2.53. The van der Waals surface area contributed by atoms with Crippen molar-refractivity contribution in [2.24, 2.45) is 11.3 Å². The molecule has 1 fully saturated rings. The number of carbonyl (C=O) groups is 4. The van der Waals surface area contributed by atoms with E-state index in [1.54, 1.807) is 27.7 Å². The molecule has 1 heterocycles. The maximum Gasteiger partial charge on any atom is 0.331 e. The van der Waals surface area contributed by atoms with Gasteiger partial charge in [-0.2, -0.15) is 0 Å². The molecule has 0 aliphatic carbocycles. The van der Waals surface area contributed by atoms with Gasteiger partial charge < -0.3 is 14.4 Å². The second-order valence-electron chi connectivity index (χ2n) is 7.16. The van der Waals surface area contributed by atoms with Gasteiger partial charge in [-0.05, 0) is 33.6 Å². The van der Waals surface area contributed by atoms with Crippen molar-refractivity contribution >= 4 is 34.7 Å². The van der Waals surface area contributed by atoms with Gasteiger partial charge in [-0.25, -0.2) is 4.79 Å². The Labute approximate surface area is 152 Å². The quantitative estimate of drug-likeness (QED) is 0.519. The van der Waals surface area contributed by atoms with E-state index in [1.807, 2.05) is 0 Å². The third-order valence-corrected chi connectivity index (χ3v) is 4.84. The monoisotopic (exact) mass is 373 g/mol.